The highest BCUT2D eigenvalue weighted by atomic mass is 19.1. The maximum absolute atomic E-state index is 13.1. The van der Waals surface area contributed by atoms with E-state index >= 15 is 0 Å². The highest BCUT2D eigenvalue weighted by Crippen LogP contribution is 2.41. The van der Waals surface area contributed by atoms with Crippen LogP contribution in [0.4, 0.5) is 4.39 Å². The normalized spacial score (nSPS) is 15.4. The van der Waals surface area contributed by atoms with E-state index in [1.54, 1.807) is 12.1 Å². The van der Waals surface area contributed by atoms with Gasteiger partial charge in [0.05, 0.1) is 12.1 Å². The molecule has 0 aliphatic heterocycles. The lowest BCUT2D eigenvalue weighted by atomic mass is 9.71. The minimum atomic E-state index is -0.314. The Kier molecular flexibility index (Phi) is 5.14. The van der Waals surface area contributed by atoms with Crippen molar-refractivity contribution in [2.24, 2.45) is 0 Å². The van der Waals surface area contributed by atoms with E-state index in [1.165, 1.54) is 12.1 Å². The van der Waals surface area contributed by atoms with E-state index in [9.17, 15) is 9.18 Å². The number of ether oxygens (including phenoxy) is 1. The summed E-state index contributed by atoms with van der Waals surface area (Å²) in [4.78, 5) is 12.3. The van der Waals surface area contributed by atoms with E-state index in [4.69, 9.17) is 4.74 Å². The van der Waals surface area contributed by atoms with Gasteiger partial charge >= 0.3 is 0 Å². The van der Waals surface area contributed by atoms with Crippen LogP contribution in [0.3, 0.4) is 0 Å². The minimum Gasteiger partial charge on any atom is -0.494 e. The topological polar surface area (TPSA) is 38.3 Å². The van der Waals surface area contributed by atoms with Crippen molar-refractivity contribution in [3.63, 3.8) is 0 Å². The molecule has 0 aromatic heterocycles. The standard InChI is InChI=1S/C20H22FNO2/c21-17-11-9-16(10-12-17)20(13-5-14-20)22-19(23)8-4-15-24-18-6-2-1-3-7-18/h1-3,6-7,9-12H,4-5,8,13-15H2,(H,22,23). The molecule has 1 aliphatic carbocycles. The molecule has 2 aromatic carbocycles. The summed E-state index contributed by atoms with van der Waals surface area (Å²) in [5.41, 5.74) is 0.675. The van der Waals surface area contributed by atoms with E-state index in [0.717, 1.165) is 30.6 Å². The number of carbonyl (C=O) groups is 1. The average Bonchev–Trinajstić information content (AvgIpc) is 2.57. The molecule has 4 heteroatoms. The molecule has 0 heterocycles. The molecule has 1 aliphatic rings. The number of para-hydroxylation sites is 1. The van der Waals surface area contributed by atoms with Crippen LogP contribution in [-0.4, -0.2) is 12.5 Å². The van der Waals surface area contributed by atoms with Gasteiger partial charge < -0.3 is 10.1 Å². The van der Waals surface area contributed by atoms with Crippen molar-refractivity contribution in [3.05, 3.63) is 66.0 Å². The van der Waals surface area contributed by atoms with Gasteiger partial charge in [-0.25, -0.2) is 4.39 Å². The Labute approximate surface area is 141 Å². The molecule has 2 aromatic rings. The molecular formula is C20H22FNO2. The highest BCUT2D eigenvalue weighted by Gasteiger charge is 2.39. The van der Waals surface area contributed by atoms with Gasteiger partial charge in [-0.05, 0) is 55.5 Å². The van der Waals surface area contributed by atoms with Crippen LogP contribution in [0.5, 0.6) is 5.75 Å². The summed E-state index contributed by atoms with van der Waals surface area (Å²) in [5, 5.41) is 3.15. The Morgan fingerprint density at radius 3 is 2.42 bits per heavy atom. The van der Waals surface area contributed by atoms with Gasteiger partial charge in [0.2, 0.25) is 5.91 Å². The van der Waals surface area contributed by atoms with Gasteiger partial charge in [0, 0.05) is 6.42 Å². The molecular weight excluding hydrogens is 305 g/mol. The SMILES string of the molecule is O=C(CCCOc1ccccc1)NC1(c2ccc(F)cc2)CCC1. The first kappa shape index (κ1) is 16.5. The molecule has 3 nitrogen and oxygen atoms in total. The van der Waals surface area contributed by atoms with E-state index in [1.807, 2.05) is 30.3 Å². The van der Waals surface area contributed by atoms with Crippen molar-refractivity contribution in [2.75, 3.05) is 6.61 Å². The lowest BCUT2D eigenvalue weighted by Crippen LogP contribution is -2.50. The van der Waals surface area contributed by atoms with Crippen LogP contribution >= 0.6 is 0 Å². The van der Waals surface area contributed by atoms with Crippen molar-refractivity contribution in [2.45, 2.75) is 37.6 Å². The molecule has 0 unspecified atom stereocenters. The van der Waals surface area contributed by atoms with E-state index < -0.39 is 0 Å². The number of carbonyl (C=O) groups excluding carboxylic acids is 1. The molecule has 3 rings (SSSR count). The monoisotopic (exact) mass is 327 g/mol. The summed E-state index contributed by atoms with van der Waals surface area (Å²) >= 11 is 0. The van der Waals surface area contributed by atoms with Crippen molar-refractivity contribution in [1.82, 2.24) is 5.32 Å². The van der Waals surface area contributed by atoms with Crippen molar-refractivity contribution >= 4 is 5.91 Å². The minimum absolute atomic E-state index is 0.0238. The quantitative estimate of drug-likeness (QED) is 0.775. The highest BCUT2D eigenvalue weighted by molar-refractivity contribution is 5.77. The molecule has 0 atom stereocenters. The second-order valence-corrected chi connectivity index (χ2v) is 6.26. The predicted octanol–water partition coefficient (Wildman–Crippen LogP) is 4.18. The average molecular weight is 327 g/mol. The van der Waals surface area contributed by atoms with Gasteiger partial charge in [-0.15, -0.1) is 0 Å². The fourth-order valence-electron chi connectivity index (χ4n) is 3.05. The third-order valence-corrected chi connectivity index (χ3v) is 4.54. The third kappa shape index (κ3) is 3.94. The molecule has 24 heavy (non-hydrogen) atoms. The summed E-state index contributed by atoms with van der Waals surface area (Å²) in [6, 6.07) is 16.0. The fraction of sp³-hybridized carbons (Fsp3) is 0.350. The summed E-state index contributed by atoms with van der Waals surface area (Å²) in [6.45, 7) is 0.515. The Morgan fingerprint density at radius 2 is 1.79 bits per heavy atom. The fourth-order valence-corrected chi connectivity index (χ4v) is 3.05. The summed E-state index contributed by atoms with van der Waals surface area (Å²) in [7, 11) is 0. The molecule has 0 radical (unpaired) electrons. The van der Waals surface area contributed by atoms with Crippen molar-refractivity contribution in [1.29, 1.82) is 0 Å². The first-order valence-corrected chi connectivity index (χ1v) is 8.43. The maximum Gasteiger partial charge on any atom is 0.220 e. The summed E-state index contributed by atoms with van der Waals surface area (Å²) in [5.74, 6) is 0.591. The van der Waals surface area contributed by atoms with Gasteiger partial charge in [0.1, 0.15) is 11.6 Å². The number of nitrogens with one attached hydrogen (secondary N) is 1. The lowest BCUT2D eigenvalue weighted by Gasteiger charge is -2.43. The lowest BCUT2D eigenvalue weighted by molar-refractivity contribution is -0.124. The van der Waals surface area contributed by atoms with Gasteiger partial charge in [0.15, 0.2) is 0 Å². The zero-order valence-corrected chi connectivity index (χ0v) is 13.6. The van der Waals surface area contributed by atoms with Gasteiger partial charge in [-0.1, -0.05) is 30.3 Å². The van der Waals surface area contributed by atoms with Crippen LogP contribution in [0.2, 0.25) is 0 Å². The molecule has 1 fully saturated rings. The molecule has 0 bridgehead atoms. The zero-order valence-electron chi connectivity index (χ0n) is 13.6. The van der Waals surface area contributed by atoms with Gasteiger partial charge in [0.25, 0.3) is 0 Å². The number of hydrogen-bond donors (Lipinski definition) is 1. The van der Waals surface area contributed by atoms with Crippen LogP contribution in [0.15, 0.2) is 54.6 Å². The second kappa shape index (κ2) is 7.47. The number of amides is 1. The largest absolute Gasteiger partial charge is 0.494 e. The molecule has 1 saturated carbocycles. The molecule has 1 amide bonds. The van der Waals surface area contributed by atoms with E-state index in [2.05, 4.69) is 5.32 Å². The number of hydrogen-bond acceptors (Lipinski definition) is 2. The van der Waals surface area contributed by atoms with Crippen molar-refractivity contribution in [3.8, 4) is 5.75 Å². The molecule has 1 N–H and O–H groups in total. The van der Waals surface area contributed by atoms with Crippen molar-refractivity contribution < 1.29 is 13.9 Å². The van der Waals surface area contributed by atoms with E-state index in [-0.39, 0.29) is 17.3 Å². The van der Waals surface area contributed by atoms with Gasteiger partial charge in [-0.3, -0.25) is 4.79 Å². The molecule has 0 spiro atoms. The number of rotatable bonds is 7. The number of halogens is 1. The zero-order chi connectivity index (χ0) is 16.8. The Hall–Kier alpha value is -2.36. The molecule has 126 valence electrons. The van der Waals surface area contributed by atoms with Crippen LogP contribution < -0.4 is 10.1 Å². The molecule has 0 saturated heterocycles. The van der Waals surface area contributed by atoms with Crippen LogP contribution in [0.1, 0.15) is 37.7 Å². The Balaban J connectivity index is 1.47. The summed E-state index contributed by atoms with van der Waals surface area (Å²) in [6.07, 6.45) is 3.99. The Bertz CT molecular complexity index is 666. The van der Waals surface area contributed by atoms with Crippen LogP contribution in [0.25, 0.3) is 0 Å². The summed E-state index contributed by atoms with van der Waals surface area (Å²) < 4.78 is 18.7. The maximum atomic E-state index is 13.1. The second-order valence-electron chi connectivity index (χ2n) is 6.26. The van der Waals surface area contributed by atoms with E-state index in [0.29, 0.717) is 19.4 Å². The van der Waals surface area contributed by atoms with Crippen LogP contribution in [0, 0.1) is 5.82 Å². The smallest absolute Gasteiger partial charge is 0.220 e. The third-order valence-electron chi connectivity index (χ3n) is 4.54. The first-order chi connectivity index (χ1) is 11.7. The number of benzene rings is 2. The van der Waals surface area contributed by atoms with Crippen LogP contribution in [-0.2, 0) is 10.3 Å². The Morgan fingerprint density at radius 1 is 1.08 bits per heavy atom. The van der Waals surface area contributed by atoms with Gasteiger partial charge in [-0.2, -0.15) is 0 Å². The predicted molar refractivity (Wildman–Crippen MR) is 91.2 cm³/mol. The first-order valence-electron chi connectivity index (χ1n) is 8.43.